The van der Waals surface area contributed by atoms with Crippen LogP contribution in [0.25, 0.3) is 0 Å². The molecule has 1 aromatic heterocycles. The van der Waals surface area contributed by atoms with Crippen molar-refractivity contribution in [1.82, 2.24) is 14.8 Å². The lowest BCUT2D eigenvalue weighted by Crippen LogP contribution is -2.31. The molecule has 3 aromatic carbocycles. The number of hydrogen-bond donors (Lipinski definition) is 2. The molecule has 0 saturated carbocycles. The molecular formula is C29H29N5O3. The van der Waals surface area contributed by atoms with Crippen LogP contribution >= 0.6 is 0 Å². The standard InChI is InChI=1S/C29H29N5O3/c1-4-36-25-15-8-7-14-24(25)33-28(35)26-20(3)32-29-30-18-31-34(29)27(26)21-12-9-13-23(16-21)37-17-22-11-6-5-10-19(22)2/h5-16,18,27H,4,17H2,1-3H3,(H,33,35)(H,30,31,32). The van der Waals surface area contributed by atoms with E-state index in [0.29, 0.717) is 47.6 Å². The summed E-state index contributed by atoms with van der Waals surface area (Å²) in [6, 6.07) is 22.8. The highest BCUT2D eigenvalue weighted by atomic mass is 16.5. The van der Waals surface area contributed by atoms with Crippen molar-refractivity contribution >= 4 is 17.5 Å². The van der Waals surface area contributed by atoms with Crippen molar-refractivity contribution < 1.29 is 14.3 Å². The fourth-order valence-corrected chi connectivity index (χ4v) is 4.44. The van der Waals surface area contributed by atoms with Gasteiger partial charge >= 0.3 is 0 Å². The highest BCUT2D eigenvalue weighted by Gasteiger charge is 2.34. The van der Waals surface area contributed by atoms with Gasteiger partial charge in [-0.2, -0.15) is 10.1 Å². The third-order valence-electron chi connectivity index (χ3n) is 6.30. The van der Waals surface area contributed by atoms with E-state index in [4.69, 9.17) is 9.47 Å². The minimum atomic E-state index is -0.500. The number of anilines is 2. The highest BCUT2D eigenvalue weighted by Crippen LogP contribution is 2.37. The molecule has 2 heterocycles. The monoisotopic (exact) mass is 495 g/mol. The van der Waals surface area contributed by atoms with Crippen LogP contribution in [0.2, 0.25) is 0 Å². The second kappa shape index (κ2) is 10.6. The highest BCUT2D eigenvalue weighted by molar-refractivity contribution is 6.06. The first kappa shape index (κ1) is 24.1. The summed E-state index contributed by atoms with van der Waals surface area (Å²) in [6.45, 7) is 6.79. The van der Waals surface area contributed by atoms with Gasteiger partial charge in [-0.3, -0.25) is 4.79 Å². The molecule has 0 aliphatic carbocycles. The van der Waals surface area contributed by atoms with Crippen LogP contribution in [0.15, 0.2) is 90.4 Å². The molecule has 0 bridgehead atoms. The molecule has 8 heteroatoms. The van der Waals surface area contributed by atoms with Crippen LogP contribution in [0, 0.1) is 6.92 Å². The van der Waals surface area contributed by atoms with Crippen molar-refractivity contribution in [2.75, 3.05) is 17.2 Å². The van der Waals surface area contributed by atoms with E-state index in [1.54, 1.807) is 4.68 Å². The van der Waals surface area contributed by atoms with Gasteiger partial charge in [-0.15, -0.1) is 0 Å². The van der Waals surface area contributed by atoms with Crippen molar-refractivity contribution in [2.24, 2.45) is 0 Å². The number of hydrogen-bond acceptors (Lipinski definition) is 6. The van der Waals surface area contributed by atoms with Crippen molar-refractivity contribution in [1.29, 1.82) is 0 Å². The Hall–Kier alpha value is -4.59. The zero-order valence-corrected chi connectivity index (χ0v) is 21.1. The van der Waals surface area contributed by atoms with Crippen LogP contribution in [0.5, 0.6) is 11.5 Å². The maximum absolute atomic E-state index is 13.7. The van der Waals surface area contributed by atoms with Crippen LogP contribution in [0.1, 0.15) is 36.6 Å². The maximum atomic E-state index is 13.7. The summed E-state index contributed by atoms with van der Waals surface area (Å²) in [7, 11) is 0. The van der Waals surface area contributed by atoms with Gasteiger partial charge < -0.3 is 20.1 Å². The molecule has 188 valence electrons. The third-order valence-corrected chi connectivity index (χ3v) is 6.30. The summed E-state index contributed by atoms with van der Waals surface area (Å²) in [4.78, 5) is 18.1. The van der Waals surface area contributed by atoms with Gasteiger partial charge in [-0.25, -0.2) is 4.68 Å². The molecule has 1 atom stereocenters. The molecule has 0 spiro atoms. The van der Waals surface area contributed by atoms with Crippen LogP contribution < -0.4 is 20.1 Å². The average Bonchev–Trinajstić information content (AvgIpc) is 3.37. The lowest BCUT2D eigenvalue weighted by atomic mass is 9.94. The molecule has 0 fully saturated rings. The van der Waals surface area contributed by atoms with Gasteiger partial charge in [0.1, 0.15) is 30.5 Å². The van der Waals surface area contributed by atoms with Gasteiger partial charge in [0.2, 0.25) is 5.95 Å². The lowest BCUT2D eigenvalue weighted by molar-refractivity contribution is -0.113. The zero-order valence-electron chi connectivity index (χ0n) is 21.1. The van der Waals surface area contributed by atoms with E-state index in [9.17, 15) is 4.79 Å². The minimum absolute atomic E-state index is 0.255. The third kappa shape index (κ3) is 5.04. The number of para-hydroxylation sites is 2. The average molecular weight is 496 g/mol. The molecule has 37 heavy (non-hydrogen) atoms. The van der Waals surface area contributed by atoms with Gasteiger partial charge in [0.05, 0.1) is 17.9 Å². The quantitative estimate of drug-likeness (QED) is 0.336. The Bertz CT molecular complexity index is 1460. The number of fused-ring (bicyclic) bond motifs is 1. The number of aromatic nitrogens is 3. The topological polar surface area (TPSA) is 90.3 Å². The summed E-state index contributed by atoms with van der Waals surface area (Å²) < 4.78 is 13.6. The number of aryl methyl sites for hydroxylation is 1. The first-order chi connectivity index (χ1) is 18.0. The normalized spacial score (nSPS) is 14.5. The fraction of sp³-hybridized carbons (Fsp3) is 0.207. The van der Waals surface area contributed by atoms with Crippen molar-refractivity contribution in [3.63, 3.8) is 0 Å². The molecule has 5 rings (SSSR count). The Morgan fingerprint density at radius 2 is 1.84 bits per heavy atom. The number of nitrogens with zero attached hydrogens (tertiary/aromatic N) is 3. The molecule has 2 N–H and O–H groups in total. The summed E-state index contributed by atoms with van der Waals surface area (Å²) in [5, 5.41) is 10.7. The minimum Gasteiger partial charge on any atom is -0.492 e. The summed E-state index contributed by atoms with van der Waals surface area (Å²) in [6.07, 6.45) is 1.48. The Labute approximate surface area is 216 Å². The van der Waals surface area contributed by atoms with Gasteiger partial charge in [0, 0.05) is 5.70 Å². The molecule has 8 nitrogen and oxygen atoms in total. The fourth-order valence-electron chi connectivity index (χ4n) is 4.44. The van der Waals surface area contributed by atoms with Gasteiger partial charge in [-0.05, 0) is 61.7 Å². The van der Waals surface area contributed by atoms with Crippen LogP contribution in [0.4, 0.5) is 11.6 Å². The Balaban J connectivity index is 1.47. The van der Waals surface area contributed by atoms with Gasteiger partial charge in [-0.1, -0.05) is 48.5 Å². The first-order valence-electron chi connectivity index (χ1n) is 12.2. The summed E-state index contributed by atoms with van der Waals surface area (Å²) >= 11 is 0. The number of rotatable bonds is 8. The molecule has 1 amide bonds. The van der Waals surface area contributed by atoms with Gasteiger partial charge in [0.15, 0.2) is 0 Å². The predicted molar refractivity (Wildman–Crippen MR) is 143 cm³/mol. The molecule has 4 aromatic rings. The number of carbonyl (C=O) groups excluding carboxylic acids is 1. The molecule has 1 unspecified atom stereocenters. The zero-order chi connectivity index (χ0) is 25.8. The van der Waals surface area contributed by atoms with Crippen molar-refractivity contribution in [3.8, 4) is 11.5 Å². The Kier molecular flexibility index (Phi) is 6.89. The van der Waals surface area contributed by atoms with E-state index >= 15 is 0 Å². The molecule has 1 aliphatic heterocycles. The second-order valence-corrected chi connectivity index (χ2v) is 8.77. The Morgan fingerprint density at radius 1 is 1.03 bits per heavy atom. The molecule has 0 radical (unpaired) electrons. The molecule has 0 saturated heterocycles. The van der Waals surface area contributed by atoms with E-state index in [1.165, 1.54) is 11.9 Å². The summed E-state index contributed by atoms with van der Waals surface area (Å²) in [5.41, 5.74) is 4.99. The number of carbonyl (C=O) groups is 1. The van der Waals surface area contributed by atoms with Gasteiger partial charge in [0.25, 0.3) is 5.91 Å². The number of nitrogens with one attached hydrogen (secondary N) is 2. The smallest absolute Gasteiger partial charge is 0.255 e. The van der Waals surface area contributed by atoms with E-state index in [1.807, 2.05) is 74.5 Å². The van der Waals surface area contributed by atoms with Crippen LogP contribution in [0.3, 0.4) is 0 Å². The van der Waals surface area contributed by atoms with E-state index < -0.39 is 6.04 Å². The van der Waals surface area contributed by atoms with Crippen molar-refractivity contribution in [3.05, 3.63) is 107 Å². The van der Waals surface area contributed by atoms with E-state index in [-0.39, 0.29) is 5.91 Å². The second-order valence-electron chi connectivity index (χ2n) is 8.77. The maximum Gasteiger partial charge on any atom is 0.255 e. The lowest BCUT2D eigenvalue weighted by Gasteiger charge is -2.29. The summed E-state index contributed by atoms with van der Waals surface area (Å²) in [5.74, 6) is 1.64. The number of ether oxygens (including phenoxy) is 2. The molecule has 1 aliphatic rings. The van der Waals surface area contributed by atoms with Crippen LogP contribution in [-0.4, -0.2) is 27.3 Å². The SMILES string of the molecule is CCOc1ccccc1NC(=O)C1=C(C)Nc2ncnn2C1c1cccc(OCc2ccccc2C)c1. The Morgan fingerprint density at radius 3 is 2.68 bits per heavy atom. The van der Waals surface area contributed by atoms with E-state index in [0.717, 1.165) is 11.1 Å². The number of benzene rings is 3. The molecular weight excluding hydrogens is 466 g/mol. The number of allylic oxidation sites excluding steroid dienone is 1. The predicted octanol–water partition coefficient (Wildman–Crippen LogP) is 5.49. The van der Waals surface area contributed by atoms with Crippen LogP contribution in [-0.2, 0) is 11.4 Å². The van der Waals surface area contributed by atoms with E-state index in [2.05, 4.69) is 39.8 Å². The van der Waals surface area contributed by atoms with Crippen molar-refractivity contribution in [2.45, 2.75) is 33.4 Å². The first-order valence-corrected chi connectivity index (χ1v) is 12.2. The number of amides is 1. The largest absolute Gasteiger partial charge is 0.492 e.